The standard InChI is InChI=1S/C13H19N3O/c1-11-10-12(4-5-13(11)15)16(7-3-6-14)8-9-17-2/h4-5,10H,3,7-9,15H2,1-2H3. The van der Waals surface area contributed by atoms with Crippen molar-refractivity contribution in [3.05, 3.63) is 23.8 Å². The first kappa shape index (κ1) is 13.3. The van der Waals surface area contributed by atoms with E-state index in [9.17, 15) is 0 Å². The zero-order valence-corrected chi connectivity index (χ0v) is 10.4. The molecule has 0 aromatic heterocycles. The molecule has 0 radical (unpaired) electrons. The minimum absolute atomic E-state index is 0.507. The van der Waals surface area contributed by atoms with Crippen LogP contribution in [0.2, 0.25) is 0 Å². The summed E-state index contributed by atoms with van der Waals surface area (Å²) in [5.74, 6) is 0. The van der Waals surface area contributed by atoms with Crippen molar-refractivity contribution in [1.29, 1.82) is 5.26 Å². The summed E-state index contributed by atoms with van der Waals surface area (Å²) in [6.45, 7) is 4.12. The summed E-state index contributed by atoms with van der Waals surface area (Å²) in [6.07, 6.45) is 0.507. The molecule has 0 fully saturated rings. The first-order valence-corrected chi connectivity index (χ1v) is 5.66. The van der Waals surface area contributed by atoms with Crippen molar-refractivity contribution < 1.29 is 4.74 Å². The molecule has 0 aliphatic carbocycles. The monoisotopic (exact) mass is 233 g/mol. The van der Waals surface area contributed by atoms with E-state index in [1.807, 2.05) is 25.1 Å². The smallest absolute Gasteiger partial charge is 0.0640 e. The Labute approximate surface area is 103 Å². The minimum Gasteiger partial charge on any atom is -0.399 e. The lowest BCUT2D eigenvalue weighted by Gasteiger charge is -2.24. The second-order valence-corrected chi connectivity index (χ2v) is 3.93. The van der Waals surface area contributed by atoms with Crippen LogP contribution in [0.25, 0.3) is 0 Å². The molecule has 1 aromatic carbocycles. The Balaban J connectivity index is 2.80. The number of nitriles is 1. The van der Waals surface area contributed by atoms with Crippen molar-refractivity contribution in [3.63, 3.8) is 0 Å². The van der Waals surface area contributed by atoms with Gasteiger partial charge in [-0.25, -0.2) is 0 Å². The summed E-state index contributed by atoms with van der Waals surface area (Å²) in [7, 11) is 1.68. The van der Waals surface area contributed by atoms with Crippen LogP contribution in [0.1, 0.15) is 12.0 Å². The number of benzene rings is 1. The van der Waals surface area contributed by atoms with Crippen LogP contribution in [0.3, 0.4) is 0 Å². The van der Waals surface area contributed by atoms with E-state index in [4.69, 9.17) is 15.7 Å². The van der Waals surface area contributed by atoms with E-state index in [0.717, 1.165) is 23.5 Å². The van der Waals surface area contributed by atoms with Crippen LogP contribution in [-0.4, -0.2) is 26.8 Å². The van der Waals surface area contributed by atoms with Crippen molar-refractivity contribution in [3.8, 4) is 6.07 Å². The maximum atomic E-state index is 8.66. The van der Waals surface area contributed by atoms with Gasteiger partial charge in [-0.3, -0.25) is 0 Å². The molecular weight excluding hydrogens is 214 g/mol. The maximum Gasteiger partial charge on any atom is 0.0640 e. The van der Waals surface area contributed by atoms with Gasteiger partial charge in [-0.05, 0) is 30.7 Å². The lowest BCUT2D eigenvalue weighted by molar-refractivity contribution is 0.205. The molecule has 2 N–H and O–H groups in total. The molecule has 0 saturated carbocycles. The van der Waals surface area contributed by atoms with Crippen molar-refractivity contribution >= 4 is 11.4 Å². The predicted octanol–water partition coefficient (Wildman–Crippen LogP) is 1.94. The Morgan fingerprint density at radius 2 is 2.18 bits per heavy atom. The van der Waals surface area contributed by atoms with Crippen molar-refractivity contribution in [2.45, 2.75) is 13.3 Å². The highest BCUT2D eigenvalue weighted by molar-refractivity contribution is 5.58. The van der Waals surface area contributed by atoms with Gasteiger partial charge >= 0.3 is 0 Å². The Kier molecular flexibility index (Phi) is 5.31. The number of nitrogens with zero attached hydrogens (tertiary/aromatic N) is 2. The van der Waals surface area contributed by atoms with E-state index in [2.05, 4.69) is 11.0 Å². The molecule has 1 rings (SSSR count). The third-order valence-electron chi connectivity index (χ3n) is 2.68. The van der Waals surface area contributed by atoms with Gasteiger partial charge in [0.1, 0.15) is 0 Å². The number of nitrogens with two attached hydrogens (primary N) is 1. The number of anilines is 2. The molecular formula is C13H19N3O. The molecule has 0 unspecified atom stereocenters. The SMILES string of the molecule is COCCN(CCC#N)c1ccc(N)c(C)c1. The molecule has 0 bridgehead atoms. The summed E-state index contributed by atoms with van der Waals surface area (Å²) >= 11 is 0. The topological polar surface area (TPSA) is 62.3 Å². The third kappa shape index (κ3) is 3.97. The second kappa shape index (κ2) is 6.77. The quantitative estimate of drug-likeness (QED) is 0.763. The van der Waals surface area contributed by atoms with Gasteiger partial charge in [-0.2, -0.15) is 5.26 Å². The molecule has 1 aromatic rings. The van der Waals surface area contributed by atoms with Gasteiger partial charge < -0.3 is 15.4 Å². The van der Waals surface area contributed by atoms with E-state index < -0.39 is 0 Å². The summed E-state index contributed by atoms with van der Waals surface area (Å²) in [5.41, 5.74) is 8.73. The number of rotatable bonds is 6. The Bertz CT molecular complexity index is 398. The van der Waals surface area contributed by atoms with Gasteiger partial charge in [0.15, 0.2) is 0 Å². The molecule has 0 amide bonds. The lowest BCUT2D eigenvalue weighted by atomic mass is 10.1. The molecule has 0 heterocycles. The number of ether oxygens (including phenoxy) is 1. The van der Waals surface area contributed by atoms with Crippen molar-refractivity contribution in [1.82, 2.24) is 0 Å². The van der Waals surface area contributed by atoms with Gasteiger partial charge in [-0.1, -0.05) is 0 Å². The molecule has 0 spiro atoms. The highest BCUT2D eigenvalue weighted by Gasteiger charge is 2.07. The predicted molar refractivity (Wildman–Crippen MR) is 69.9 cm³/mol. The van der Waals surface area contributed by atoms with Crippen LogP contribution in [-0.2, 0) is 4.74 Å². The first-order chi connectivity index (χ1) is 8.19. The highest BCUT2D eigenvalue weighted by atomic mass is 16.5. The van der Waals surface area contributed by atoms with Crippen molar-refractivity contribution in [2.24, 2.45) is 0 Å². The van der Waals surface area contributed by atoms with Gasteiger partial charge in [0, 0.05) is 31.6 Å². The molecule has 4 nitrogen and oxygen atoms in total. The average Bonchev–Trinajstić information content (AvgIpc) is 2.33. The zero-order valence-electron chi connectivity index (χ0n) is 10.4. The van der Waals surface area contributed by atoms with Crippen LogP contribution in [0.15, 0.2) is 18.2 Å². The second-order valence-electron chi connectivity index (χ2n) is 3.93. The fraction of sp³-hybridized carbons (Fsp3) is 0.462. The summed E-state index contributed by atoms with van der Waals surface area (Å²) in [5, 5.41) is 8.66. The number of hydrogen-bond donors (Lipinski definition) is 1. The van der Waals surface area contributed by atoms with Gasteiger partial charge in [0.25, 0.3) is 0 Å². The Hall–Kier alpha value is -1.73. The fourth-order valence-electron chi connectivity index (χ4n) is 1.61. The minimum atomic E-state index is 0.507. The first-order valence-electron chi connectivity index (χ1n) is 5.66. The molecule has 0 saturated heterocycles. The van der Waals surface area contributed by atoms with Crippen LogP contribution >= 0.6 is 0 Å². The van der Waals surface area contributed by atoms with Crippen LogP contribution in [0, 0.1) is 18.3 Å². The summed E-state index contributed by atoms with van der Waals surface area (Å²) < 4.78 is 5.08. The molecule has 92 valence electrons. The number of nitrogen functional groups attached to an aromatic ring is 1. The highest BCUT2D eigenvalue weighted by Crippen LogP contribution is 2.20. The maximum absolute atomic E-state index is 8.66. The molecule has 0 atom stereocenters. The van der Waals surface area contributed by atoms with Crippen LogP contribution < -0.4 is 10.6 Å². The number of hydrogen-bond acceptors (Lipinski definition) is 4. The van der Waals surface area contributed by atoms with Crippen LogP contribution in [0.4, 0.5) is 11.4 Å². The van der Waals surface area contributed by atoms with E-state index in [-0.39, 0.29) is 0 Å². The van der Waals surface area contributed by atoms with E-state index in [1.165, 1.54) is 0 Å². The number of aryl methyl sites for hydroxylation is 1. The largest absolute Gasteiger partial charge is 0.399 e. The third-order valence-corrected chi connectivity index (χ3v) is 2.68. The molecule has 0 aliphatic heterocycles. The molecule has 4 heteroatoms. The normalized spacial score (nSPS) is 9.94. The molecule has 17 heavy (non-hydrogen) atoms. The number of methoxy groups -OCH3 is 1. The van der Waals surface area contributed by atoms with Crippen molar-refractivity contribution in [2.75, 3.05) is 37.4 Å². The van der Waals surface area contributed by atoms with Gasteiger partial charge in [-0.15, -0.1) is 0 Å². The lowest BCUT2D eigenvalue weighted by Crippen LogP contribution is -2.28. The van der Waals surface area contributed by atoms with E-state index in [1.54, 1.807) is 7.11 Å². The van der Waals surface area contributed by atoms with E-state index >= 15 is 0 Å². The van der Waals surface area contributed by atoms with Crippen LogP contribution in [0.5, 0.6) is 0 Å². The van der Waals surface area contributed by atoms with Gasteiger partial charge in [0.2, 0.25) is 0 Å². The van der Waals surface area contributed by atoms with Gasteiger partial charge in [0.05, 0.1) is 19.1 Å². The Morgan fingerprint density at radius 1 is 1.41 bits per heavy atom. The van der Waals surface area contributed by atoms with E-state index in [0.29, 0.717) is 19.6 Å². The fourth-order valence-corrected chi connectivity index (χ4v) is 1.61. The summed E-state index contributed by atoms with van der Waals surface area (Å²) in [6, 6.07) is 8.09. The molecule has 0 aliphatic rings. The summed E-state index contributed by atoms with van der Waals surface area (Å²) in [4.78, 5) is 2.14. The Morgan fingerprint density at radius 3 is 2.76 bits per heavy atom. The average molecular weight is 233 g/mol. The zero-order chi connectivity index (χ0) is 12.7.